The highest BCUT2D eigenvalue weighted by molar-refractivity contribution is 5.97. The Kier molecular flexibility index (Phi) is 7.14. The van der Waals surface area contributed by atoms with E-state index in [0.717, 1.165) is 31.5 Å². The molecule has 0 radical (unpaired) electrons. The Bertz CT molecular complexity index is 616. The molecular formula is C17H22ClF3N2O3. The zero-order chi connectivity index (χ0) is 17.9. The minimum Gasteiger partial charge on any atom is -0.405 e. The van der Waals surface area contributed by atoms with E-state index in [-0.39, 0.29) is 29.9 Å². The third-order valence-corrected chi connectivity index (χ3v) is 4.55. The molecule has 2 fully saturated rings. The average molecular weight is 395 g/mol. The van der Waals surface area contributed by atoms with Crippen molar-refractivity contribution < 1.29 is 27.4 Å². The molecule has 26 heavy (non-hydrogen) atoms. The molecule has 1 aromatic rings. The Morgan fingerprint density at radius 3 is 2.58 bits per heavy atom. The summed E-state index contributed by atoms with van der Waals surface area (Å²) in [5, 5.41) is 5.92. The number of amides is 1. The number of ether oxygens (including phenoxy) is 2. The van der Waals surface area contributed by atoms with Gasteiger partial charge in [0.15, 0.2) is 0 Å². The van der Waals surface area contributed by atoms with Gasteiger partial charge in [0.25, 0.3) is 5.91 Å². The summed E-state index contributed by atoms with van der Waals surface area (Å²) in [6.07, 6.45) is -2.51. The normalized spacial score (nSPS) is 21.1. The first kappa shape index (κ1) is 20.8. The van der Waals surface area contributed by atoms with E-state index in [2.05, 4.69) is 15.4 Å². The molecule has 3 rings (SSSR count). The number of hydrogen-bond donors (Lipinski definition) is 2. The number of carbonyl (C=O) groups excluding carboxylic acids is 1. The fourth-order valence-electron chi connectivity index (χ4n) is 3.26. The molecule has 1 aromatic carbocycles. The maximum atomic E-state index is 12.8. The van der Waals surface area contributed by atoms with Gasteiger partial charge in [0, 0.05) is 6.61 Å². The van der Waals surface area contributed by atoms with Crippen molar-refractivity contribution in [3.8, 4) is 5.75 Å². The molecule has 2 heterocycles. The van der Waals surface area contributed by atoms with Gasteiger partial charge >= 0.3 is 6.36 Å². The fourth-order valence-corrected chi connectivity index (χ4v) is 3.26. The minimum absolute atomic E-state index is 0. The van der Waals surface area contributed by atoms with E-state index in [1.165, 1.54) is 12.1 Å². The Morgan fingerprint density at radius 1 is 1.23 bits per heavy atom. The molecule has 0 bridgehead atoms. The largest absolute Gasteiger partial charge is 0.573 e. The number of carbonyl (C=O) groups is 1. The van der Waals surface area contributed by atoms with Crippen LogP contribution >= 0.6 is 12.4 Å². The predicted octanol–water partition coefficient (Wildman–Crippen LogP) is 2.99. The topological polar surface area (TPSA) is 59.6 Å². The predicted molar refractivity (Wildman–Crippen MR) is 91.9 cm³/mol. The van der Waals surface area contributed by atoms with Gasteiger partial charge in [-0.05, 0) is 56.0 Å². The van der Waals surface area contributed by atoms with Crippen LogP contribution in [0.5, 0.6) is 5.75 Å². The number of alkyl halides is 3. The van der Waals surface area contributed by atoms with Crippen LogP contribution in [0.15, 0.2) is 18.2 Å². The molecule has 2 aliphatic rings. The molecule has 146 valence electrons. The van der Waals surface area contributed by atoms with Crippen molar-refractivity contribution in [2.24, 2.45) is 0 Å². The molecular weight excluding hydrogens is 373 g/mol. The zero-order valence-electron chi connectivity index (χ0n) is 14.1. The van der Waals surface area contributed by atoms with Crippen molar-refractivity contribution in [2.45, 2.75) is 37.6 Å². The van der Waals surface area contributed by atoms with Crippen molar-refractivity contribution in [3.63, 3.8) is 0 Å². The Balaban J connectivity index is 0.00000243. The lowest BCUT2D eigenvalue weighted by atomic mass is 9.89. The molecule has 2 saturated heterocycles. The van der Waals surface area contributed by atoms with Crippen LogP contribution in [0.1, 0.15) is 41.1 Å². The van der Waals surface area contributed by atoms with Crippen LogP contribution in [0.4, 0.5) is 13.2 Å². The smallest absolute Gasteiger partial charge is 0.405 e. The van der Waals surface area contributed by atoms with E-state index < -0.39 is 18.0 Å². The van der Waals surface area contributed by atoms with Gasteiger partial charge in [-0.25, -0.2) is 0 Å². The van der Waals surface area contributed by atoms with Crippen LogP contribution in [0.2, 0.25) is 0 Å². The molecule has 1 unspecified atom stereocenters. The number of rotatable bonds is 4. The van der Waals surface area contributed by atoms with Gasteiger partial charge in [0.2, 0.25) is 0 Å². The molecule has 0 aromatic heterocycles. The van der Waals surface area contributed by atoms with Crippen molar-refractivity contribution in [1.82, 2.24) is 10.6 Å². The highest BCUT2D eigenvalue weighted by atomic mass is 35.5. The molecule has 1 amide bonds. The highest BCUT2D eigenvalue weighted by Gasteiger charge is 2.34. The van der Waals surface area contributed by atoms with Gasteiger partial charge in [-0.2, -0.15) is 0 Å². The third kappa shape index (κ3) is 5.49. The van der Waals surface area contributed by atoms with Crippen molar-refractivity contribution >= 4 is 18.3 Å². The first-order valence-corrected chi connectivity index (χ1v) is 8.41. The number of piperidine rings is 1. The third-order valence-electron chi connectivity index (χ3n) is 4.55. The van der Waals surface area contributed by atoms with Crippen LogP contribution < -0.4 is 15.4 Å². The molecule has 0 spiro atoms. The molecule has 9 heteroatoms. The van der Waals surface area contributed by atoms with E-state index in [1.807, 2.05) is 0 Å². The maximum absolute atomic E-state index is 12.8. The second-order valence-electron chi connectivity index (χ2n) is 6.36. The second-order valence-corrected chi connectivity index (χ2v) is 6.36. The second kappa shape index (κ2) is 8.92. The summed E-state index contributed by atoms with van der Waals surface area (Å²) in [4.78, 5) is 12.4. The van der Waals surface area contributed by atoms with Gasteiger partial charge in [0.05, 0.1) is 18.2 Å². The van der Waals surface area contributed by atoms with Crippen molar-refractivity contribution in [1.29, 1.82) is 0 Å². The number of hydrogen-bond acceptors (Lipinski definition) is 4. The molecule has 2 aliphatic heterocycles. The van der Waals surface area contributed by atoms with Gasteiger partial charge in [-0.3, -0.25) is 4.79 Å². The van der Waals surface area contributed by atoms with Gasteiger partial charge in [-0.15, -0.1) is 25.6 Å². The monoisotopic (exact) mass is 394 g/mol. The van der Waals surface area contributed by atoms with Crippen LogP contribution in [0.25, 0.3) is 0 Å². The lowest BCUT2D eigenvalue weighted by molar-refractivity contribution is -0.274. The lowest BCUT2D eigenvalue weighted by Gasteiger charge is -2.24. The summed E-state index contributed by atoms with van der Waals surface area (Å²) in [7, 11) is 0. The highest BCUT2D eigenvalue weighted by Crippen LogP contribution is 2.33. The number of nitrogens with one attached hydrogen (secondary N) is 2. The first-order valence-electron chi connectivity index (χ1n) is 8.41. The quantitative estimate of drug-likeness (QED) is 0.824. The van der Waals surface area contributed by atoms with Crippen molar-refractivity contribution in [2.75, 3.05) is 26.3 Å². The average Bonchev–Trinajstić information content (AvgIpc) is 3.07. The van der Waals surface area contributed by atoms with Gasteiger partial charge < -0.3 is 20.1 Å². The fraction of sp³-hybridized carbons (Fsp3) is 0.588. The van der Waals surface area contributed by atoms with Crippen LogP contribution in [-0.4, -0.2) is 44.6 Å². The summed E-state index contributed by atoms with van der Waals surface area (Å²) in [6, 6.07) is 4.31. The summed E-state index contributed by atoms with van der Waals surface area (Å²) in [6.45, 7) is 2.55. The Hall–Kier alpha value is -1.51. The van der Waals surface area contributed by atoms with E-state index in [1.54, 1.807) is 6.07 Å². The summed E-state index contributed by atoms with van der Waals surface area (Å²) in [5.41, 5.74) is 0.656. The maximum Gasteiger partial charge on any atom is 0.573 e. The van der Waals surface area contributed by atoms with Crippen LogP contribution in [0, 0.1) is 0 Å². The molecule has 1 atom stereocenters. The van der Waals surface area contributed by atoms with E-state index >= 15 is 0 Å². The molecule has 5 nitrogen and oxygen atoms in total. The zero-order valence-corrected chi connectivity index (χ0v) is 14.9. The van der Waals surface area contributed by atoms with Crippen LogP contribution in [0.3, 0.4) is 0 Å². The van der Waals surface area contributed by atoms with Gasteiger partial charge in [-0.1, -0.05) is 6.07 Å². The van der Waals surface area contributed by atoms with Gasteiger partial charge in [0.1, 0.15) is 5.75 Å². The summed E-state index contributed by atoms with van der Waals surface area (Å²) >= 11 is 0. The summed E-state index contributed by atoms with van der Waals surface area (Å²) < 4.78 is 47.7. The Morgan fingerprint density at radius 2 is 1.96 bits per heavy atom. The van der Waals surface area contributed by atoms with Crippen molar-refractivity contribution in [3.05, 3.63) is 29.3 Å². The molecule has 0 aliphatic carbocycles. The SMILES string of the molecule is Cl.O=C(NC1CCOC1)c1ccc(C2CCNCC2)cc1OC(F)(F)F. The number of benzene rings is 1. The van der Waals surface area contributed by atoms with E-state index in [0.29, 0.717) is 19.6 Å². The van der Waals surface area contributed by atoms with E-state index in [4.69, 9.17) is 4.74 Å². The standard InChI is InChI=1S/C17H21F3N2O3.ClH/c18-17(19,20)25-15-9-12(11-3-6-21-7-4-11)1-2-14(15)16(23)22-13-5-8-24-10-13;/h1-2,9,11,13,21H,3-8,10H2,(H,22,23);1H. The Labute approximate surface area is 156 Å². The molecule has 2 N–H and O–H groups in total. The molecule has 0 saturated carbocycles. The number of halogens is 4. The van der Waals surface area contributed by atoms with E-state index in [9.17, 15) is 18.0 Å². The minimum atomic E-state index is -4.85. The summed E-state index contributed by atoms with van der Waals surface area (Å²) in [5.74, 6) is -0.858. The van der Waals surface area contributed by atoms with Crippen LogP contribution in [-0.2, 0) is 4.74 Å². The lowest BCUT2D eigenvalue weighted by Crippen LogP contribution is -2.35. The first-order chi connectivity index (χ1) is 11.9.